The van der Waals surface area contributed by atoms with E-state index in [0.29, 0.717) is 0 Å². The van der Waals surface area contributed by atoms with Crippen molar-refractivity contribution in [2.75, 3.05) is 0 Å². The van der Waals surface area contributed by atoms with Gasteiger partial charge in [0, 0.05) is 11.5 Å². The number of nitrogens with zero attached hydrogens (tertiary/aromatic N) is 1. The summed E-state index contributed by atoms with van der Waals surface area (Å²) in [7, 11) is 0. The monoisotopic (exact) mass is 754 g/mol. The zero-order valence-corrected chi connectivity index (χ0v) is 32.2. The van der Waals surface area contributed by atoms with E-state index in [2.05, 4.69) is 215 Å². The van der Waals surface area contributed by atoms with Crippen molar-refractivity contribution in [3.8, 4) is 0 Å². The third-order valence-electron chi connectivity index (χ3n) is 11.7. The Kier molecular flexibility index (Phi) is 10.1. The number of rotatable bonds is 8. The molecule has 1 aliphatic carbocycles. The molecule has 0 amide bonds. The number of fused-ring (bicyclic) bond motifs is 1. The van der Waals surface area contributed by atoms with Crippen molar-refractivity contribution in [3.05, 3.63) is 249 Å². The molecule has 1 saturated heterocycles. The Hall–Kier alpha value is -6.41. The second kappa shape index (κ2) is 16.2. The highest BCUT2D eigenvalue weighted by molar-refractivity contribution is 5.99. The number of nitrogens with one attached hydrogen (secondary N) is 5. The Bertz CT molecular complexity index is 2580. The first-order chi connectivity index (χ1) is 28.7. The van der Waals surface area contributed by atoms with Gasteiger partial charge in [-0.15, -0.1) is 0 Å². The minimum atomic E-state index is -0.173. The van der Waals surface area contributed by atoms with Gasteiger partial charge in [0.25, 0.3) is 0 Å². The smallest absolute Gasteiger partial charge is 0.131 e. The van der Waals surface area contributed by atoms with Crippen LogP contribution in [0.3, 0.4) is 0 Å². The van der Waals surface area contributed by atoms with Crippen LogP contribution in [0.25, 0.3) is 11.6 Å². The van der Waals surface area contributed by atoms with Gasteiger partial charge in [-0.2, -0.15) is 0 Å². The van der Waals surface area contributed by atoms with Crippen molar-refractivity contribution in [1.82, 2.24) is 26.6 Å². The molecule has 1 fully saturated rings. The molecule has 284 valence electrons. The second-order valence-corrected chi connectivity index (χ2v) is 15.3. The first kappa shape index (κ1) is 36.0. The molecule has 0 bridgehead atoms. The fraction of sp³-hybridized carbons (Fsp3) is 0.135. The van der Waals surface area contributed by atoms with Crippen LogP contribution >= 0.6 is 0 Å². The molecule has 3 aliphatic rings. The standard InChI is InChI=1S/C52H46N6/c1-5-16-38(17-6-1)47-53-48(39-18-7-2-8-19-39)56-51(55-47)42-29-25-36(26-30-42)45-34-33-35-15-13-14-24-44(35)46(45)37-27-31-43(32-28-37)52-57-49(40-20-9-3-10-21-40)54-50(58-52)41-22-11-4-12-23-41/h1-33,45,47-49,51-53,55-57H,34H2,(H,54,58). The summed E-state index contributed by atoms with van der Waals surface area (Å²) < 4.78 is 0. The lowest BCUT2D eigenvalue weighted by Crippen LogP contribution is -2.54. The van der Waals surface area contributed by atoms with E-state index in [-0.39, 0.29) is 36.7 Å². The minimum Gasteiger partial charge on any atom is -0.350 e. The molecule has 58 heavy (non-hydrogen) atoms. The lowest BCUT2D eigenvalue weighted by molar-refractivity contribution is 0.203. The summed E-state index contributed by atoms with van der Waals surface area (Å²) in [5, 5.41) is 21.5. The highest BCUT2D eigenvalue weighted by Crippen LogP contribution is 2.36. The lowest BCUT2D eigenvalue weighted by Gasteiger charge is -2.39. The van der Waals surface area contributed by atoms with E-state index in [1.165, 1.54) is 43.8 Å². The number of benzene rings is 7. The maximum Gasteiger partial charge on any atom is 0.131 e. The highest BCUT2D eigenvalue weighted by Gasteiger charge is 2.30. The van der Waals surface area contributed by atoms with Gasteiger partial charge < -0.3 is 5.32 Å². The molecule has 7 aromatic carbocycles. The number of hydrogen-bond donors (Lipinski definition) is 5. The molecule has 6 nitrogen and oxygen atoms in total. The summed E-state index contributed by atoms with van der Waals surface area (Å²) in [4.78, 5) is 5.10. The Balaban J connectivity index is 0.947. The molecular formula is C52H46N6. The van der Waals surface area contributed by atoms with Crippen molar-refractivity contribution in [2.45, 2.75) is 43.2 Å². The first-order valence-corrected chi connectivity index (χ1v) is 20.3. The summed E-state index contributed by atoms with van der Waals surface area (Å²) in [5.74, 6) is 1.10. The van der Waals surface area contributed by atoms with Gasteiger partial charge in [0.2, 0.25) is 0 Å². The molecule has 5 N–H and O–H groups in total. The Labute approximate surface area is 340 Å². The molecular weight excluding hydrogens is 709 g/mol. The Morgan fingerprint density at radius 3 is 1.45 bits per heavy atom. The van der Waals surface area contributed by atoms with Crippen molar-refractivity contribution in [2.24, 2.45) is 4.99 Å². The second-order valence-electron chi connectivity index (χ2n) is 15.3. The summed E-state index contributed by atoms with van der Waals surface area (Å²) in [6, 6.07) is 69.4. The van der Waals surface area contributed by atoms with Crippen molar-refractivity contribution >= 4 is 17.5 Å². The van der Waals surface area contributed by atoms with E-state index < -0.39 is 0 Å². The fourth-order valence-corrected chi connectivity index (χ4v) is 8.70. The predicted octanol–water partition coefficient (Wildman–Crippen LogP) is 8.37. The van der Waals surface area contributed by atoms with Gasteiger partial charge in [0.1, 0.15) is 18.2 Å². The molecule has 5 unspecified atom stereocenters. The van der Waals surface area contributed by atoms with Crippen LogP contribution in [-0.4, -0.2) is 5.84 Å². The number of aliphatic imine (C=N–C) groups is 1. The maximum absolute atomic E-state index is 5.10. The average Bonchev–Trinajstić information content (AvgIpc) is 3.32. The van der Waals surface area contributed by atoms with Gasteiger partial charge in [-0.1, -0.05) is 200 Å². The first-order valence-electron chi connectivity index (χ1n) is 20.3. The Morgan fingerprint density at radius 1 is 0.379 bits per heavy atom. The van der Waals surface area contributed by atoms with Crippen LogP contribution in [0.1, 0.15) is 87.7 Å². The third kappa shape index (κ3) is 7.42. The topological polar surface area (TPSA) is 72.5 Å². The molecule has 2 aliphatic heterocycles. The average molecular weight is 755 g/mol. The van der Waals surface area contributed by atoms with Crippen molar-refractivity contribution in [3.63, 3.8) is 0 Å². The van der Waals surface area contributed by atoms with Crippen molar-refractivity contribution in [1.29, 1.82) is 0 Å². The maximum atomic E-state index is 5.10. The fourth-order valence-electron chi connectivity index (χ4n) is 8.70. The molecule has 10 rings (SSSR count). The predicted molar refractivity (Wildman–Crippen MR) is 235 cm³/mol. The van der Waals surface area contributed by atoms with E-state index in [0.717, 1.165) is 28.9 Å². The Morgan fingerprint density at radius 2 is 0.845 bits per heavy atom. The molecule has 0 spiro atoms. The largest absolute Gasteiger partial charge is 0.350 e. The highest BCUT2D eigenvalue weighted by atomic mass is 15.4. The lowest BCUT2D eigenvalue weighted by atomic mass is 9.79. The number of hydrogen-bond acceptors (Lipinski definition) is 6. The zero-order chi connectivity index (χ0) is 38.7. The molecule has 2 heterocycles. The van der Waals surface area contributed by atoms with E-state index in [1.54, 1.807) is 0 Å². The third-order valence-corrected chi connectivity index (χ3v) is 11.7. The number of amidine groups is 1. The van der Waals surface area contributed by atoms with Crippen LogP contribution in [0.4, 0.5) is 0 Å². The summed E-state index contributed by atoms with van der Waals surface area (Å²) in [6.07, 6.45) is 2.98. The summed E-state index contributed by atoms with van der Waals surface area (Å²) in [6.45, 7) is 0. The van der Waals surface area contributed by atoms with E-state index in [4.69, 9.17) is 4.99 Å². The molecule has 6 heteroatoms. The van der Waals surface area contributed by atoms with Gasteiger partial charge in [0.15, 0.2) is 0 Å². The molecule has 0 saturated carbocycles. The summed E-state index contributed by atoms with van der Waals surface area (Å²) in [5.41, 5.74) is 10.9. The summed E-state index contributed by atoms with van der Waals surface area (Å²) >= 11 is 0. The van der Waals surface area contributed by atoms with Crippen LogP contribution < -0.4 is 37.0 Å². The van der Waals surface area contributed by atoms with Crippen LogP contribution in [0.2, 0.25) is 0 Å². The minimum absolute atomic E-state index is 0.00914. The molecule has 7 aromatic rings. The zero-order valence-electron chi connectivity index (χ0n) is 32.2. The quantitative estimate of drug-likeness (QED) is 0.108. The van der Waals surface area contributed by atoms with Gasteiger partial charge in [-0.3, -0.25) is 21.3 Å². The van der Waals surface area contributed by atoms with E-state index in [1.807, 2.05) is 12.1 Å². The van der Waals surface area contributed by atoms with Crippen LogP contribution in [0.15, 0.2) is 199 Å². The van der Waals surface area contributed by atoms with Crippen LogP contribution in [-0.2, 0) is 0 Å². The molecule has 0 radical (unpaired) electrons. The molecule has 5 atom stereocenters. The van der Waals surface area contributed by atoms with Crippen LogP contribution in [0, 0.1) is 0 Å². The van der Waals surface area contributed by atoms with Crippen LogP contribution in [0.5, 0.6) is 0 Å². The van der Waals surface area contributed by atoms with E-state index in [9.17, 15) is 0 Å². The van der Waals surface area contributed by atoms with Gasteiger partial charge in [-0.25, -0.2) is 4.99 Å². The SMILES string of the molecule is C1=c2ccccc2=C(c2ccc(C3NC(c4ccccc4)=NC(c4ccccc4)N3)cc2)C(c2ccc(C3NC(c4ccccc4)NC(c4ccccc4)N3)cc2)C1. The van der Waals surface area contributed by atoms with Gasteiger partial charge >= 0.3 is 0 Å². The normalized spacial score (nSPS) is 22.8. The van der Waals surface area contributed by atoms with Crippen molar-refractivity contribution < 1.29 is 0 Å². The molecule has 0 aromatic heterocycles. The van der Waals surface area contributed by atoms with Gasteiger partial charge in [0.05, 0.1) is 18.5 Å². The van der Waals surface area contributed by atoms with Gasteiger partial charge in [-0.05, 0) is 61.4 Å². The van der Waals surface area contributed by atoms with E-state index >= 15 is 0 Å².